The second-order valence-corrected chi connectivity index (χ2v) is 3.98. The molecule has 1 fully saturated rings. The molecular formula is C11H14O3. The largest absolute Gasteiger partial charge is 0.309 e. The van der Waals surface area contributed by atoms with E-state index in [9.17, 15) is 0 Å². The van der Waals surface area contributed by atoms with E-state index in [1.54, 1.807) is 0 Å². The number of rotatable bonds is 1. The van der Waals surface area contributed by atoms with Gasteiger partial charge in [0.05, 0.1) is 0 Å². The van der Waals surface area contributed by atoms with Crippen molar-refractivity contribution >= 4 is 0 Å². The Bertz CT molecular complexity index is 321. The topological polar surface area (TPSA) is 27.7 Å². The molecule has 1 unspecified atom stereocenters. The average Bonchev–Trinajstić information content (AvgIpc) is 2.44. The predicted molar refractivity (Wildman–Crippen MR) is 51.1 cm³/mol. The van der Waals surface area contributed by atoms with E-state index in [0.717, 1.165) is 5.56 Å². The quantitative estimate of drug-likeness (QED) is 0.643. The van der Waals surface area contributed by atoms with Gasteiger partial charge in [-0.3, -0.25) is 0 Å². The highest BCUT2D eigenvalue weighted by Crippen LogP contribution is 2.39. The van der Waals surface area contributed by atoms with Crippen molar-refractivity contribution in [3.05, 3.63) is 35.9 Å². The van der Waals surface area contributed by atoms with Crippen LogP contribution in [0.3, 0.4) is 0 Å². The van der Waals surface area contributed by atoms with Crippen molar-refractivity contribution in [3.63, 3.8) is 0 Å². The Morgan fingerprint density at radius 2 is 1.57 bits per heavy atom. The lowest BCUT2D eigenvalue weighted by Crippen LogP contribution is -2.27. The molecule has 3 nitrogen and oxygen atoms in total. The van der Waals surface area contributed by atoms with Crippen LogP contribution in [-0.4, -0.2) is 5.79 Å². The van der Waals surface area contributed by atoms with Gasteiger partial charge in [-0.1, -0.05) is 30.3 Å². The van der Waals surface area contributed by atoms with Crippen LogP contribution in [-0.2, 0) is 20.3 Å². The maximum absolute atomic E-state index is 5.68. The lowest BCUT2D eigenvalue weighted by Gasteiger charge is -2.21. The summed E-state index contributed by atoms with van der Waals surface area (Å²) in [4.78, 5) is 10.3. The van der Waals surface area contributed by atoms with Crippen molar-refractivity contribution in [3.8, 4) is 0 Å². The van der Waals surface area contributed by atoms with Crippen LogP contribution in [0.5, 0.6) is 0 Å². The predicted octanol–water partition coefficient (Wildman–Crippen LogP) is 2.57. The van der Waals surface area contributed by atoms with E-state index in [0.29, 0.717) is 0 Å². The Morgan fingerprint density at radius 3 is 2.07 bits per heavy atom. The molecule has 1 atom stereocenters. The second-order valence-electron chi connectivity index (χ2n) is 3.98. The molecule has 0 radical (unpaired) electrons. The molecule has 1 aromatic rings. The summed E-state index contributed by atoms with van der Waals surface area (Å²) in [5.41, 5.74) is 0.950. The minimum absolute atomic E-state index is 0.690. The SMILES string of the molecule is CC1(C)OOC(C)(c2ccccc2)O1. The lowest BCUT2D eigenvalue weighted by atomic mass is 10.1. The maximum Gasteiger partial charge on any atom is 0.227 e. The summed E-state index contributed by atoms with van der Waals surface area (Å²) in [6.45, 7) is 5.49. The Hall–Kier alpha value is -0.900. The highest BCUT2D eigenvalue weighted by atomic mass is 17.3. The van der Waals surface area contributed by atoms with Crippen molar-refractivity contribution in [2.75, 3.05) is 0 Å². The zero-order valence-corrected chi connectivity index (χ0v) is 8.61. The molecule has 3 heteroatoms. The Kier molecular flexibility index (Phi) is 2.10. The normalized spacial score (nSPS) is 30.5. The van der Waals surface area contributed by atoms with Gasteiger partial charge in [0.25, 0.3) is 0 Å². The van der Waals surface area contributed by atoms with E-state index in [4.69, 9.17) is 14.5 Å². The number of benzene rings is 1. The van der Waals surface area contributed by atoms with Gasteiger partial charge in [-0.2, -0.15) is 9.78 Å². The first-order chi connectivity index (χ1) is 6.52. The van der Waals surface area contributed by atoms with Crippen LogP contribution in [0.2, 0.25) is 0 Å². The first-order valence-corrected chi connectivity index (χ1v) is 4.64. The third kappa shape index (κ3) is 1.66. The molecule has 0 N–H and O–H groups in total. The maximum atomic E-state index is 5.68. The van der Waals surface area contributed by atoms with Gasteiger partial charge < -0.3 is 4.74 Å². The van der Waals surface area contributed by atoms with E-state index < -0.39 is 11.6 Å². The Balaban J connectivity index is 2.27. The highest BCUT2D eigenvalue weighted by molar-refractivity contribution is 5.19. The van der Waals surface area contributed by atoms with Crippen LogP contribution in [0.1, 0.15) is 26.3 Å². The minimum Gasteiger partial charge on any atom is -0.309 e. The van der Waals surface area contributed by atoms with Crippen molar-refractivity contribution in [2.45, 2.75) is 32.3 Å². The zero-order chi connectivity index (χ0) is 10.2. The summed E-state index contributed by atoms with van der Waals surface area (Å²) in [5.74, 6) is -1.49. The van der Waals surface area contributed by atoms with E-state index in [2.05, 4.69) is 0 Å². The number of hydrogen-bond acceptors (Lipinski definition) is 3. The fourth-order valence-electron chi connectivity index (χ4n) is 1.53. The van der Waals surface area contributed by atoms with Gasteiger partial charge in [-0.25, -0.2) is 0 Å². The summed E-state index contributed by atoms with van der Waals surface area (Å²) >= 11 is 0. The fourth-order valence-corrected chi connectivity index (χ4v) is 1.53. The molecule has 0 aliphatic carbocycles. The standard InChI is InChI=1S/C11H14O3/c1-10(2)12-11(3,14-13-10)9-7-5-4-6-8-9/h4-8H,1-3H3. The van der Waals surface area contributed by atoms with Gasteiger partial charge in [-0.15, -0.1) is 0 Å². The molecule has 0 amide bonds. The average molecular weight is 194 g/mol. The molecule has 1 heterocycles. The van der Waals surface area contributed by atoms with Crippen molar-refractivity contribution in [1.82, 2.24) is 0 Å². The molecule has 0 bridgehead atoms. The third-order valence-corrected chi connectivity index (χ3v) is 2.14. The fraction of sp³-hybridized carbons (Fsp3) is 0.455. The summed E-state index contributed by atoms with van der Waals surface area (Å²) < 4.78 is 5.68. The van der Waals surface area contributed by atoms with Crippen LogP contribution in [0.4, 0.5) is 0 Å². The summed E-state index contributed by atoms with van der Waals surface area (Å²) in [5, 5.41) is 0. The van der Waals surface area contributed by atoms with Crippen molar-refractivity contribution in [1.29, 1.82) is 0 Å². The molecule has 1 aromatic carbocycles. The van der Waals surface area contributed by atoms with Crippen LogP contribution in [0.15, 0.2) is 30.3 Å². The van der Waals surface area contributed by atoms with Gasteiger partial charge in [0.2, 0.25) is 5.79 Å². The van der Waals surface area contributed by atoms with E-state index in [-0.39, 0.29) is 0 Å². The van der Waals surface area contributed by atoms with E-state index in [1.807, 2.05) is 51.1 Å². The Labute approximate surface area is 83.5 Å². The summed E-state index contributed by atoms with van der Waals surface area (Å²) in [6.07, 6.45) is 0. The van der Waals surface area contributed by atoms with Crippen molar-refractivity contribution < 1.29 is 14.5 Å². The van der Waals surface area contributed by atoms with Crippen LogP contribution in [0.25, 0.3) is 0 Å². The summed E-state index contributed by atoms with van der Waals surface area (Å²) in [6, 6.07) is 9.74. The zero-order valence-electron chi connectivity index (χ0n) is 8.61. The van der Waals surface area contributed by atoms with Crippen LogP contribution in [0, 0.1) is 0 Å². The Morgan fingerprint density at radius 1 is 0.929 bits per heavy atom. The van der Waals surface area contributed by atoms with Crippen LogP contribution < -0.4 is 0 Å². The highest BCUT2D eigenvalue weighted by Gasteiger charge is 2.45. The number of hydrogen-bond donors (Lipinski definition) is 0. The van der Waals surface area contributed by atoms with E-state index in [1.165, 1.54) is 0 Å². The molecule has 76 valence electrons. The third-order valence-electron chi connectivity index (χ3n) is 2.14. The molecule has 2 rings (SSSR count). The molecule has 1 aliphatic rings. The molecule has 1 saturated heterocycles. The van der Waals surface area contributed by atoms with Gasteiger partial charge in [0, 0.05) is 5.56 Å². The molecule has 0 saturated carbocycles. The molecule has 14 heavy (non-hydrogen) atoms. The van der Waals surface area contributed by atoms with Gasteiger partial charge in [0.15, 0.2) is 5.79 Å². The van der Waals surface area contributed by atoms with Crippen LogP contribution >= 0.6 is 0 Å². The molecule has 0 spiro atoms. The molecular weight excluding hydrogens is 180 g/mol. The lowest BCUT2D eigenvalue weighted by molar-refractivity contribution is -0.345. The minimum atomic E-state index is -0.801. The van der Waals surface area contributed by atoms with Gasteiger partial charge >= 0.3 is 0 Å². The first kappa shape index (κ1) is 9.65. The molecule has 1 aliphatic heterocycles. The van der Waals surface area contributed by atoms with Gasteiger partial charge in [0.1, 0.15) is 0 Å². The monoisotopic (exact) mass is 194 g/mol. The number of ether oxygens (including phenoxy) is 1. The van der Waals surface area contributed by atoms with Crippen molar-refractivity contribution in [2.24, 2.45) is 0 Å². The van der Waals surface area contributed by atoms with Gasteiger partial charge in [-0.05, 0) is 20.8 Å². The first-order valence-electron chi connectivity index (χ1n) is 4.64. The summed E-state index contributed by atoms with van der Waals surface area (Å²) in [7, 11) is 0. The molecule has 0 aromatic heterocycles. The smallest absolute Gasteiger partial charge is 0.227 e. The second kappa shape index (κ2) is 3.05. The van der Waals surface area contributed by atoms with E-state index >= 15 is 0 Å².